The summed E-state index contributed by atoms with van der Waals surface area (Å²) in [6.45, 7) is 5.53. The molecule has 2 atom stereocenters. The van der Waals surface area contributed by atoms with Gasteiger partial charge in [0.1, 0.15) is 0 Å². The molecule has 1 aliphatic heterocycles. The molecule has 2 heteroatoms. The fourth-order valence-electron chi connectivity index (χ4n) is 2.55. The topological polar surface area (TPSA) is 29.5 Å². The number of hydrogen-bond acceptors (Lipinski definition) is 2. The highest BCUT2D eigenvalue weighted by atomic mass is 16.5. The molecule has 2 nitrogen and oxygen atoms in total. The smallest absolute Gasteiger partial charge is 0.0965 e. The quantitative estimate of drug-likeness (QED) is 0.871. The summed E-state index contributed by atoms with van der Waals surface area (Å²) in [6, 6.07) is 8.43. The highest BCUT2D eigenvalue weighted by Gasteiger charge is 2.38. The van der Waals surface area contributed by atoms with E-state index in [0.29, 0.717) is 19.6 Å². The molecule has 0 aliphatic carbocycles. The van der Waals surface area contributed by atoms with Gasteiger partial charge in [-0.05, 0) is 17.5 Å². The zero-order valence-electron chi connectivity index (χ0n) is 10.8. The maximum absolute atomic E-state index is 10.8. The highest BCUT2D eigenvalue weighted by molar-refractivity contribution is 5.28. The van der Waals surface area contributed by atoms with Crippen LogP contribution in [-0.4, -0.2) is 18.3 Å². The van der Waals surface area contributed by atoms with Gasteiger partial charge in [0.25, 0.3) is 0 Å². The lowest BCUT2D eigenvalue weighted by Gasteiger charge is -2.38. The van der Waals surface area contributed by atoms with Crippen molar-refractivity contribution < 1.29 is 9.84 Å². The van der Waals surface area contributed by atoms with Crippen molar-refractivity contribution in [3.63, 3.8) is 0 Å². The minimum absolute atomic E-state index is 0.160. The summed E-state index contributed by atoms with van der Waals surface area (Å²) >= 11 is 0. The zero-order chi connectivity index (χ0) is 12.3. The van der Waals surface area contributed by atoms with E-state index in [9.17, 15) is 5.11 Å². The van der Waals surface area contributed by atoms with Crippen LogP contribution in [0.3, 0.4) is 0 Å². The van der Waals surface area contributed by atoms with E-state index in [1.54, 1.807) is 0 Å². The minimum atomic E-state index is -0.705. The average molecular weight is 234 g/mol. The first-order valence-corrected chi connectivity index (χ1v) is 6.56. The fourth-order valence-corrected chi connectivity index (χ4v) is 2.55. The first-order chi connectivity index (χ1) is 8.16. The Kier molecular flexibility index (Phi) is 3.85. The van der Waals surface area contributed by atoms with Crippen LogP contribution in [0.4, 0.5) is 0 Å². The molecule has 1 aromatic rings. The van der Waals surface area contributed by atoms with E-state index in [4.69, 9.17) is 4.74 Å². The van der Waals surface area contributed by atoms with Crippen LogP contribution in [0.2, 0.25) is 0 Å². The minimum Gasteiger partial charge on any atom is -0.385 e. The number of benzene rings is 1. The third kappa shape index (κ3) is 2.53. The van der Waals surface area contributed by atoms with Gasteiger partial charge >= 0.3 is 0 Å². The van der Waals surface area contributed by atoms with E-state index < -0.39 is 5.60 Å². The second-order valence-electron chi connectivity index (χ2n) is 5.10. The fraction of sp³-hybridized carbons (Fsp3) is 0.600. The van der Waals surface area contributed by atoms with Crippen LogP contribution in [0.15, 0.2) is 24.3 Å². The van der Waals surface area contributed by atoms with E-state index in [2.05, 4.69) is 38.1 Å². The number of ether oxygens (including phenoxy) is 1. The van der Waals surface area contributed by atoms with Crippen molar-refractivity contribution in [1.82, 2.24) is 0 Å². The Morgan fingerprint density at radius 2 is 2.06 bits per heavy atom. The van der Waals surface area contributed by atoms with Gasteiger partial charge in [0.15, 0.2) is 0 Å². The van der Waals surface area contributed by atoms with Crippen LogP contribution < -0.4 is 0 Å². The van der Waals surface area contributed by atoms with Crippen molar-refractivity contribution in [3.8, 4) is 0 Å². The Hall–Kier alpha value is -0.860. The molecule has 1 heterocycles. The van der Waals surface area contributed by atoms with Crippen molar-refractivity contribution in [2.75, 3.05) is 13.2 Å². The number of aliphatic hydroxyl groups is 1. The van der Waals surface area contributed by atoms with Crippen molar-refractivity contribution >= 4 is 0 Å². The summed E-state index contributed by atoms with van der Waals surface area (Å²) in [6.07, 6.45) is 2.96. The van der Waals surface area contributed by atoms with Gasteiger partial charge in [-0.1, -0.05) is 44.5 Å². The molecule has 0 saturated carbocycles. The molecule has 0 amide bonds. The first kappa shape index (κ1) is 12.6. The van der Waals surface area contributed by atoms with Crippen LogP contribution in [0, 0.1) is 5.92 Å². The maximum Gasteiger partial charge on any atom is 0.0965 e. The molecule has 0 radical (unpaired) electrons. The van der Waals surface area contributed by atoms with E-state index in [1.807, 2.05) is 0 Å². The molecule has 1 N–H and O–H groups in total. The van der Waals surface area contributed by atoms with Gasteiger partial charge in [0.05, 0.1) is 12.2 Å². The number of hydrogen-bond donors (Lipinski definition) is 1. The molecular weight excluding hydrogens is 212 g/mol. The molecular formula is C15H22O2. The SMILES string of the molecule is CCCc1ccc(C2(O)CCOCC2C)cc1. The molecule has 17 heavy (non-hydrogen) atoms. The molecule has 2 unspecified atom stereocenters. The second-order valence-corrected chi connectivity index (χ2v) is 5.10. The lowest BCUT2D eigenvalue weighted by atomic mass is 9.79. The largest absolute Gasteiger partial charge is 0.385 e. The summed E-state index contributed by atoms with van der Waals surface area (Å²) in [7, 11) is 0. The Morgan fingerprint density at radius 3 is 2.65 bits per heavy atom. The van der Waals surface area contributed by atoms with Gasteiger partial charge in [0, 0.05) is 18.9 Å². The predicted molar refractivity (Wildman–Crippen MR) is 68.9 cm³/mol. The molecule has 0 spiro atoms. The van der Waals surface area contributed by atoms with Crippen LogP contribution in [0.5, 0.6) is 0 Å². The lowest BCUT2D eigenvalue weighted by Crippen LogP contribution is -2.41. The maximum atomic E-state index is 10.8. The molecule has 2 rings (SSSR count). The average Bonchev–Trinajstić information content (AvgIpc) is 2.34. The Labute approximate surface area is 104 Å². The van der Waals surface area contributed by atoms with Crippen LogP contribution >= 0.6 is 0 Å². The van der Waals surface area contributed by atoms with Crippen molar-refractivity contribution in [2.24, 2.45) is 5.92 Å². The number of aryl methyl sites for hydroxylation is 1. The van der Waals surface area contributed by atoms with Crippen molar-refractivity contribution in [1.29, 1.82) is 0 Å². The van der Waals surface area contributed by atoms with Gasteiger partial charge < -0.3 is 9.84 Å². The lowest BCUT2D eigenvalue weighted by molar-refractivity contribution is -0.111. The number of rotatable bonds is 3. The first-order valence-electron chi connectivity index (χ1n) is 6.56. The molecule has 1 saturated heterocycles. The molecule has 1 fully saturated rings. The molecule has 0 bridgehead atoms. The van der Waals surface area contributed by atoms with Crippen LogP contribution in [0.25, 0.3) is 0 Å². The van der Waals surface area contributed by atoms with E-state index >= 15 is 0 Å². The summed E-state index contributed by atoms with van der Waals surface area (Å²) in [5.74, 6) is 0.160. The van der Waals surface area contributed by atoms with Gasteiger partial charge in [0.2, 0.25) is 0 Å². The van der Waals surface area contributed by atoms with Gasteiger partial charge in [-0.25, -0.2) is 0 Å². The zero-order valence-corrected chi connectivity index (χ0v) is 10.8. The third-order valence-electron chi connectivity index (χ3n) is 3.80. The normalized spacial score (nSPS) is 29.2. The molecule has 1 aliphatic rings. The Morgan fingerprint density at radius 1 is 1.35 bits per heavy atom. The van der Waals surface area contributed by atoms with Crippen LogP contribution in [-0.2, 0) is 16.8 Å². The van der Waals surface area contributed by atoms with Gasteiger partial charge in [-0.15, -0.1) is 0 Å². The molecule has 94 valence electrons. The summed E-state index contributed by atoms with van der Waals surface area (Å²) in [4.78, 5) is 0. The van der Waals surface area contributed by atoms with E-state index in [1.165, 1.54) is 5.56 Å². The highest BCUT2D eigenvalue weighted by Crippen LogP contribution is 2.36. The van der Waals surface area contributed by atoms with Crippen LogP contribution in [0.1, 0.15) is 37.8 Å². The summed E-state index contributed by atoms with van der Waals surface area (Å²) < 4.78 is 5.40. The molecule has 0 aromatic heterocycles. The summed E-state index contributed by atoms with van der Waals surface area (Å²) in [5, 5.41) is 10.8. The Bertz CT molecular complexity index is 358. The van der Waals surface area contributed by atoms with Crippen molar-refractivity contribution in [2.45, 2.75) is 38.7 Å². The molecule has 1 aromatic carbocycles. The standard InChI is InChI=1S/C15H22O2/c1-3-4-13-5-7-14(8-6-13)15(16)9-10-17-11-12(15)2/h5-8,12,16H,3-4,9-11H2,1-2H3. The third-order valence-corrected chi connectivity index (χ3v) is 3.80. The predicted octanol–water partition coefficient (Wildman–Crippen LogP) is 2.88. The van der Waals surface area contributed by atoms with E-state index in [0.717, 1.165) is 18.4 Å². The second kappa shape index (κ2) is 5.19. The Balaban J connectivity index is 2.20. The van der Waals surface area contributed by atoms with Gasteiger partial charge in [-0.3, -0.25) is 0 Å². The monoisotopic (exact) mass is 234 g/mol. The summed E-state index contributed by atoms with van der Waals surface area (Å²) in [5.41, 5.74) is 1.68. The van der Waals surface area contributed by atoms with E-state index in [-0.39, 0.29) is 5.92 Å². The van der Waals surface area contributed by atoms with Gasteiger partial charge in [-0.2, -0.15) is 0 Å². The van der Waals surface area contributed by atoms with Crippen molar-refractivity contribution in [3.05, 3.63) is 35.4 Å².